The summed E-state index contributed by atoms with van der Waals surface area (Å²) in [5.74, 6) is 0.492. The van der Waals surface area contributed by atoms with Gasteiger partial charge in [0.2, 0.25) is 0 Å². The van der Waals surface area contributed by atoms with Crippen LogP contribution in [0, 0.1) is 11.3 Å². The highest BCUT2D eigenvalue weighted by Crippen LogP contribution is 2.66. The van der Waals surface area contributed by atoms with Gasteiger partial charge in [-0.2, -0.15) is 0 Å². The Kier molecular flexibility index (Phi) is 5.69. The van der Waals surface area contributed by atoms with E-state index in [0.29, 0.717) is 18.0 Å². The molecule has 1 unspecified atom stereocenters. The van der Waals surface area contributed by atoms with Gasteiger partial charge in [-0.05, 0) is 107 Å². The molecule has 41 heavy (non-hydrogen) atoms. The number of hydrogen-bond donors (Lipinski definition) is 1. The van der Waals surface area contributed by atoms with Gasteiger partial charge >= 0.3 is 0 Å². The Hall–Kier alpha value is -2.73. The maximum Gasteiger partial charge on any atom is 0.130 e. The highest BCUT2D eigenvalue weighted by Gasteiger charge is 2.74. The Bertz CT molecular complexity index is 1580. The number of ether oxygens (including phenoxy) is 1. The van der Waals surface area contributed by atoms with E-state index < -0.39 is 0 Å². The van der Waals surface area contributed by atoms with E-state index in [4.69, 9.17) is 9.72 Å². The minimum Gasteiger partial charge on any atom is -0.360 e. The van der Waals surface area contributed by atoms with Gasteiger partial charge in [0, 0.05) is 40.5 Å². The Morgan fingerprint density at radius 3 is 2.80 bits per heavy atom. The number of pyridine rings is 1. The number of para-hydroxylation sites is 1. The van der Waals surface area contributed by atoms with E-state index in [2.05, 4.69) is 75.5 Å². The molecule has 5 aliphatic heterocycles. The van der Waals surface area contributed by atoms with Gasteiger partial charge in [-0.3, -0.25) is 9.88 Å². The van der Waals surface area contributed by atoms with Crippen LogP contribution in [0.3, 0.4) is 0 Å². The first kappa shape index (κ1) is 24.8. The summed E-state index contributed by atoms with van der Waals surface area (Å²) in [4.78, 5) is 14.7. The summed E-state index contributed by atoms with van der Waals surface area (Å²) in [5.41, 5.74) is 4.96. The molecule has 212 valence electrons. The van der Waals surface area contributed by atoms with Crippen LogP contribution in [0.5, 0.6) is 0 Å². The number of hydrogen-bond acceptors (Lipinski definition) is 4. The summed E-state index contributed by atoms with van der Waals surface area (Å²) in [5, 5.41) is 2.58. The van der Waals surface area contributed by atoms with Gasteiger partial charge < -0.3 is 14.6 Å². The summed E-state index contributed by atoms with van der Waals surface area (Å²) in [6.07, 6.45) is 25.9. The molecule has 5 nitrogen and oxygen atoms in total. The molecule has 6 aliphatic rings. The maximum absolute atomic E-state index is 7.03. The number of aromatic amines is 1. The molecule has 3 aromatic rings. The van der Waals surface area contributed by atoms with Gasteiger partial charge in [-0.1, -0.05) is 42.5 Å². The lowest BCUT2D eigenvalue weighted by Crippen LogP contribution is -2.62. The second-order valence-corrected chi connectivity index (χ2v) is 13.7. The zero-order valence-corrected chi connectivity index (χ0v) is 24.1. The van der Waals surface area contributed by atoms with Gasteiger partial charge in [0.05, 0.1) is 23.4 Å². The van der Waals surface area contributed by atoms with Crippen LogP contribution in [0.15, 0.2) is 66.9 Å². The summed E-state index contributed by atoms with van der Waals surface area (Å²) in [7, 11) is 0. The molecule has 1 aliphatic carbocycles. The molecule has 3 fully saturated rings. The van der Waals surface area contributed by atoms with Gasteiger partial charge in [0.1, 0.15) is 5.60 Å². The molecule has 7 heterocycles. The molecular weight excluding hydrogens is 504 g/mol. The number of piperidine rings is 1. The topological polar surface area (TPSA) is 47.7 Å². The van der Waals surface area contributed by atoms with Crippen molar-refractivity contribution in [2.45, 2.75) is 81.6 Å². The number of allylic oxidation sites excluding steroid dienone is 3. The van der Waals surface area contributed by atoms with Crippen molar-refractivity contribution in [2.24, 2.45) is 11.3 Å². The second kappa shape index (κ2) is 9.39. The average Bonchev–Trinajstić information content (AvgIpc) is 3.35. The lowest BCUT2D eigenvalue weighted by atomic mass is 9.55. The number of H-pyrrole nitrogens is 1. The van der Waals surface area contributed by atoms with Crippen molar-refractivity contribution in [1.82, 2.24) is 19.8 Å². The zero-order valence-electron chi connectivity index (χ0n) is 24.1. The van der Waals surface area contributed by atoms with Crippen LogP contribution in [-0.2, 0) is 4.74 Å². The van der Waals surface area contributed by atoms with Crippen molar-refractivity contribution in [3.05, 3.63) is 72.6 Å². The lowest BCUT2D eigenvalue weighted by molar-refractivity contribution is -0.0138. The fourth-order valence-corrected chi connectivity index (χ4v) is 9.87. The monoisotopic (exact) mass is 546 g/mol. The molecule has 0 radical (unpaired) electrons. The van der Waals surface area contributed by atoms with E-state index in [0.717, 1.165) is 6.42 Å². The van der Waals surface area contributed by atoms with Crippen molar-refractivity contribution in [2.75, 3.05) is 26.2 Å². The minimum absolute atomic E-state index is 0.171. The van der Waals surface area contributed by atoms with Crippen LogP contribution in [0.1, 0.15) is 63.5 Å². The molecule has 0 amide bonds. The first-order valence-corrected chi connectivity index (χ1v) is 16.3. The standard InChI is InChI=1S/C36H42N4O/c1-2-7-15-31-36(41-31)23-28(32-33-27(16-18-37-32)26-13-8-9-14-30(26)38-33)29-17-21-39(19-10-4-1)24-35(29)22-25-12-6-3-5-11-20-40(25)34(35)36/h2,6-9,12-14,16,18,23,25,29,31,34,38H,1,3-5,10-11,15,17,19-22,24H2/b7-2-,12-6?/t25-,29-,31+,34+,35-,36+/m0/s1. The Morgan fingerprint density at radius 2 is 1.83 bits per heavy atom. The molecule has 1 N–H and O–H groups in total. The predicted octanol–water partition coefficient (Wildman–Crippen LogP) is 6.87. The predicted molar refractivity (Wildman–Crippen MR) is 166 cm³/mol. The van der Waals surface area contributed by atoms with Gasteiger partial charge in [0.25, 0.3) is 0 Å². The molecule has 2 spiro atoms. The number of fused-ring (bicyclic) bond motifs is 5. The average molecular weight is 547 g/mol. The minimum atomic E-state index is -0.231. The fraction of sp³-hybridized carbons (Fsp3) is 0.528. The highest BCUT2D eigenvalue weighted by molar-refractivity contribution is 6.09. The number of rotatable bonds is 1. The Labute approximate surface area is 243 Å². The third kappa shape index (κ3) is 3.68. The third-order valence-corrected chi connectivity index (χ3v) is 11.5. The zero-order chi connectivity index (χ0) is 27.0. The number of nitrogens with one attached hydrogen (secondary N) is 1. The van der Waals surface area contributed by atoms with Crippen molar-refractivity contribution in [1.29, 1.82) is 0 Å². The molecular formula is C36H42N4O. The normalized spacial score (nSPS) is 39.4. The number of aromatic nitrogens is 2. The van der Waals surface area contributed by atoms with Crippen LogP contribution < -0.4 is 0 Å². The van der Waals surface area contributed by atoms with Crippen molar-refractivity contribution < 1.29 is 4.74 Å². The molecule has 1 aromatic carbocycles. The largest absolute Gasteiger partial charge is 0.360 e. The molecule has 5 heteroatoms. The van der Waals surface area contributed by atoms with Gasteiger partial charge in [0.15, 0.2) is 0 Å². The highest BCUT2D eigenvalue weighted by atomic mass is 16.6. The smallest absolute Gasteiger partial charge is 0.130 e. The van der Waals surface area contributed by atoms with E-state index in [1.54, 1.807) is 0 Å². The summed E-state index contributed by atoms with van der Waals surface area (Å²) in [6.45, 7) is 4.80. The van der Waals surface area contributed by atoms with E-state index in [-0.39, 0.29) is 17.1 Å². The van der Waals surface area contributed by atoms with Crippen molar-refractivity contribution in [3.63, 3.8) is 0 Å². The summed E-state index contributed by atoms with van der Waals surface area (Å²) in [6, 6.07) is 11.9. The summed E-state index contributed by atoms with van der Waals surface area (Å²) < 4.78 is 7.03. The number of benzene rings is 1. The molecule has 2 aromatic heterocycles. The Balaban J connectivity index is 1.27. The second-order valence-electron chi connectivity index (χ2n) is 13.7. The van der Waals surface area contributed by atoms with E-state index >= 15 is 0 Å². The van der Waals surface area contributed by atoms with Gasteiger partial charge in [-0.15, -0.1) is 0 Å². The third-order valence-electron chi connectivity index (χ3n) is 11.5. The first-order valence-electron chi connectivity index (χ1n) is 16.3. The molecule has 0 saturated carbocycles. The van der Waals surface area contributed by atoms with Crippen molar-refractivity contribution >= 4 is 27.4 Å². The SMILES string of the molecule is C1=C[C@H]2C[C@]34CN5CCCC/C=C\C[C@H]6O[C@@]6(C=C(c6nccc7c6[nH]c6ccccc67)[C@@H]3CC5)[C@@H]4N2CCCC1. The Morgan fingerprint density at radius 1 is 0.927 bits per heavy atom. The van der Waals surface area contributed by atoms with Crippen LogP contribution in [0.25, 0.3) is 27.4 Å². The molecule has 3 saturated heterocycles. The number of epoxide rings is 1. The first-order chi connectivity index (χ1) is 20.3. The van der Waals surface area contributed by atoms with Crippen LogP contribution >= 0.6 is 0 Å². The maximum atomic E-state index is 7.03. The fourth-order valence-electron chi connectivity index (χ4n) is 9.87. The number of nitrogens with zero attached hydrogens (tertiary/aromatic N) is 3. The lowest BCUT2D eigenvalue weighted by Gasteiger charge is -2.55. The van der Waals surface area contributed by atoms with Gasteiger partial charge in [-0.25, -0.2) is 0 Å². The van der Waals surface area contributed by atoms with Crippen LogP contribution in [0.2, 0.25) is 0 Å². The van der Waals surface area contributed by atoms with E-state index in [9.17, 15) is 0 Å². The van der Waals surface area contributed by atoms with E-state index in [1.165, 1.54) is 111 Å². The summed E-state index contributed by atoms with van der Waals surface area (Å²) >= 11 is 0. The van der Waals surface area contributed by atoms with Crippen LogP contribution in [-0.4, -0.2) is 69.7 Å². The quantitative estimate of drug-likeness (QED) is 0.267. The molecule has 9 rings (SSSR count). The van der Waals surface area contributed by atoms with E-state index in [1.807, 2.05) is 6.20 Å². The molecule has 7 atom stereocenters. The van der Waals surface area contributed by atoms with Crippen LogP contribution in [0.4, 0.5) is 0 Å². The molecule has 3 bridgehead atoms. The van der Waals surface area contributed by atoms with Crippen molar-refractivity contribution in [3.8, 4) is 0 Å².